The van der Waals surface area contributed by atoms with Crippen molar-refractivity contribution in [3.8, 4) is 0 Å². The van der Waals surface area contributed by atoms with E-state index in [1.807, 2.05) is 18.8 Å². The standard InChI is InChI=1S/C15H26N2OS/c1-16-14-10-19-5-4-17(15(14)18)9-13-7-11-2-3-12(6-11)8-13/h11-14,16H,2-10H2,1H3. The van der Waals surface area contributed by atoms with Gasteiger partial charge in [0.2, 0.25) is 5.91 Å². The summed E-state index contributed by atoms with van der Waals surface area (Å²) in [6.45, 7) is 1.97. The van der Waals surface area contributed by atoms with Crippen LogP contribution in [-0.4, -0.2) is 48.5 Å². The average molecular weight is 282 g/mol. The topological polar surface area (TPSA) is 32.3 Å². The molecule has 3 nitrogen and oxygen atoms in total. The van der Waals surface area contributed by atoms with Crippen molar-refractivity contribution in [2.24, 2.45) is 17.8 Å². The maximum absolute atomic E-state index is 12.5. The fraction of sp³-hybridized carbons (Fsp3) is 0.933. The Balaban J connectivity index is 1.60. The van der Waals surface area contributed by atoms with Crippen LogP contribution in [0.25, 0.3) is 0 Å². The third kappa shape index (κ3) is 3.10. The van der Waals surface area contributed by atoms with Crippen LogP contribution < -0.4 is 5.32 Å². The highest BCUT2D eigenvalue weighted by atomic mass is 32.2. The number of thioether (sulfide) groups is 1. The lowest BCUT2D eigenvalue weighted by atomic mass is 9.81. The van der Waals surface area contributed by atoms with Crippen molar-refractivity contribution < 1.29 is 4.79 Å². The lowest BCUT2D eigenvalue weighted by molar-refractivity contribution is -0.133. The molecule has 3 atom stereocenters. The fourth-order valence-corrected chi connectivity index (χ4v) is 5.33. The van der Waals surface area contributed by atoms with E-state index >= 15 is 0 Å². The second-order valence-electron chi connectivity index (χ2n) is 6.58. The van der Waals surface area contributed by atoms with Crippen LogP contribution in [0.2, 0.25) is 0 Å². The van der Waals surface area contributed by atoms with Crippen molar-refractivity contribution in [2.75, 3.05) is 31.6 Å². The van der Waals surface area contributed by atoms with Crippen LogP contribution in [0.1, 0.15) is 32.1 Å². The molecule has 0 aromatic carbocycles. The first kappa shape index (κ1) is 13.7. The molecule has 2 saturated carbocycles. The maximum atomic E-state index is 12.5. The minimum Gasteiger partial charge on any atom is -0.340 e. The molecule has 0 aromatic rings. The summed E-state index contributed by atoms with van der Waals surface area (Å²) in [5, 5.41) is 3.18. The Bertz CT molecular complexity index is 324. The molecule has 3 rings (SSSR count). The van der Waals surface area contributed by atoms with Gasteiger partial charge >= 0.3 is 0 Å². The van der Waals surface area contributed by atoms with Crippen molar-refractivity contribution in [1.82, 2.24) is 10.2 Å². The van der Waals surface area contributed by atoms with Gasteiger partial charge in [0.15, 0.2) is 0 Å². The van der Waals surface area contributed by atoms with Crippen LogP contribution >= 0.6 is 11.8 Å². The summed E-state index contributed by atoms with van der Waals surface area (Å²) < 4.78 is 0. The first-order valence-corrected chi connectivity index (χ1v) is 8.95. The highest BCUT2D eigenvalue weighted by molar-refractivity contribution is 7.99. The zero-order valence-corrected chi connectivity index (χ0v) is 12.8. The highest BCUT2D eigenvalue weighted by Gasteiger charge is 2.36. The number of nitrogens with one attached hydrogen (secondary N) is 1. The molecule has 2 aliphatic carbocycles. The van der Waals surface area contributed by atoms with Crippen molar-refractivity contribution in [3.05, 3.63) is 0 Å². The third-order valence-electron chi connectivity index (χ3n) is 5.21. The van der Waals surface area contributed by atoms with Gasteiger partial charge in [0.1, 0.15) is 0 Å². The van der Waals surface area contributed by atoms with Crippen LogP contribution in [0.5, 0.6) is 0 Å². The molecule has 1 heterocycles. The molecule has 1 N–H and O–H groups in total. The van der Waals surface area contributed by atoms with Crippen molar-refractivity contribution >= 4 is 17.7 Å². The summed E-state index contributed by atoms with van der Waals surface area (Å²) in [7, 11) is 1.91. The largest absolute Gasteiger partial charge is 0.340 e. The number of amides is 1. The predicted molar refractivity (Wildman–Crippen MR) is 80.3 cm³/mol. The Morgan fingerprint density at radius 2 is 2.00 bits per heavy atom. The van der Waals surface area contributed by atoms with E-state index in [1.165, 1.54) is 32.1 Å². The van der Waals surface area contributed by atoms with Crippen LogP contribution in [-0.2, 0) is 4.79 Å². The molecule has 0 aromatic heterocycles. The Hall–Kier alpha value is -0.220. The Morgan fingerprint density at radius 3 is 2.68 bits per heavy atom. The summed E-state index contributed by atoms with van der Waals surface area (Å²) in [4.78, 5) is 14.6. The van der Waals surface area contributed by atoms with E-state index in [9.17, 15) is 4.79 Å². The summed E-state index contributed by atoms with van der Waals surface area (Å²) in [5.74, 6) is 5.09. The molecule has 3 fully saturated rings. The van der Waals surface area contributed by atoms with Gasteiger partial charge in [-0.25, -0.2) is 0 Å². The van der Waals surface area contributed by atoms with Gasteiger partial charge < -0.3 is 10.2 Å². The molecular weight excluding hydrogens is 256 g/mol. The van der Waals surface area contributed by atoms with Crippen LogP contribution in [0, 0.1) is 17.8 Å². The SMILES string of the molecule is CNC1CSCCN(CC2CC3CCC(C3)C2)C1=O. The Kier molecular flexibility index (Phi) is 4.37. The second kappa shape index (κ2) is 6.04. The predicted octanol–water partition coefficient (Wildman–Crippen LogP) is 1.98. The van der Waals surface area contributed by atoms with Crippen molar-refractivity contribution in [3.63, 3.8) is 0 Å². The molecular formula is C15H26N2OS. The lowest BCUT2D eigenvalue weighted by Crippen LogP contribution is -2.47. The van der Waals surface area contributed by atoms with E-state index in [2.05, 4.69) is 10.2 Å². The van der Waals surface area contributed by atoms with Gasteiger partial charge in [0.05, 0.1) is 6.04 Å². The Labute approximate surface area is 120 Å². The highest BCUT2D eigenvalue weighted by Crippen LogP contribution is 2.44. The summed E-state index contributed by atoms with van der Waals surface area (Å²) >= 11 is 1.91. The number of carbonyl (C=O) groups is 1. The molecule has 0 radical (unpaired) electrons. The van der Waals surface area contributed by atoms with E-state index in [1.54, 1.807) is 0 Å². The second-order valence-corrected chi connectivity index (χ2v) is 7.73. The first-order chi connectivity index (χ1) is 9.26. The molecule has 0 spiro atoms. The number of fused-ring (bicyclic) bond motifs is 2. The summed E-state index contributed by atoms with van der Waals surface area (Å²) in [6, 6.07) is 0.0350. The smallest absolute Gasteiger partial charge is 0.240 e. The minimum absolute atomic E-state index is 0.0350. The number of hydrogen-bond acceptors (Lipinski definition) is 3. The van der Waals surface area contributed by atoms with E-state index in [4.69, 9.17) is 0 Å². The molecule has 1 aliphatic heterocycles. The van der Waals surface area contributed by atoms with Gasteiger partial charge in [0.25, 0.3) is 0 Å². The van der Waals surface area contributed by atoms with Gasteiger partial charge in [-0.1, -0.05) is 12.8 Å². The van der Waals surface area contributed by atoms with Gasteiger partial charge in [-0.2, -0.15) is 11.8 Å². The first-order valence-electron chi connectivity index (χ1n) is 7.80. The van der Waals surface area contributed by atoms with E-state index < -0.39 is 0 Å². The van der Waals surface area contributed by atoms with Crippen LogP contribution in [0.4, 0.5) is 0 Å². The molecule has 108 valence electrons. The van der Waals surface area contributed by atoms with Gasteiger partial charge in [0, 0.05) is 24.6 Å². The molecule has 3 aliphatic rings. The van der Waals surface area contributed by atoms with E-state index in [0.29, 0.717) is 5.91 Å². The number of rotatable bonds is 3. The van der Waals surface area contributed by atoms with Gasteiger partial charge in [-0.3, -0.25) is 4.79 Å². The number of likely N-dealkylation sites (N-methyl/N-ethyl adjacent to an activating group) is 1. The van der Waals surface area contributed by atoms with Crippen molar-refractivity contribution in [1.29, 1.82) is 0 Å². The number of hydrogen-bond donors (Lipinski definition) is 1. The monoisotopic (exact) mass is 282 g/mol. The molecule has 3 unspecified atom stereocenters. The van der Waals surface area contributed by atoms with Gasteiger partial charge in [-0.15, -0.1) is 0 Å². The molecule has 19 heavy (non-hydrogen) atoms. The normalized spacial score (nSPS) is 39.4. The van der Waals surface area contributed by atoms with Crippen LogP contribution in [0.3, 0.4) is 0 Å². The minimum atomic E-state index is 0.0350. The van der Waals surface area contributed by atoms with Crippen LogP contribution in [0.15, 0.2) is 0 Å². The average Bonchev–Trinajstić information content (AvgIpc) is 2.65. The summed E-state index contributed by atoms with van der Waals surface area (Å²) in [6.07, 6.45) is 7.11. The zero-order chi connectivity index (χ0) is 13.2. The zero-order valence-electron chi connectivity index (χ0n) is 11.9. The number of carbonyl (C=O) groups excluding carboxylic acids is 1. The van der Waals surface area contributed by atoms with E-state index in [-0.39, 0.29) is 6.04 Å². The quantitative estimate of drug-likeness (QED) is 0.859. The maximum Gasteiger partial charge on any atom is 0.240 e. The number of nitrogens with zero attached hydrogens (tertiary/aromatic N) is 1. The summed E-state index contributed by atoms with van der Waals surface area (Å²) in [5.41, 5.74) is 0. The fourth-order valence-electron chi connectivity index (χ4n) is 4.27. The van der Waals surface area contributed by atoms with Gasteiger partial charge in [-0.05, 0) is 44.1 Å². The third-order valence-corrected chi connectivity index (χ3v) is 6.25. The lowest BCUT2D eigenvalue weighted by Gasteiger charge is -2.33. The molecule has 1 saturated heterocycles. The molecule has 1 amide bonds. The van der Waals surface area contributed by atoms with E-state index in [0.717, 1.165) is 42.3 Å². The molecule has 4 heteroatoms. The Morgan fingerprint density at radius 1 is 1.26 bits per heavy atom. The molecule has 2 bridgehead atoms. The van der Waals surface area contributed by atoms with Crippen molar-refractivity contribution in [2.45, 2.75) is 38.1 Å².